The summed E-state index contributed by atoms with van der Waals surface area (Å²) in [6.07, 6.45) is 4.14. The average Bonchev–Trinajstić information content (AvgIpc) is 1.94. The highest BCUT2D eigenvalue weighted by Gasteiger charge is 2.12. The molecular weight excluding hydrogens is 160 g/mol. The zero-order chi connectivity index (χ0) is 7.40. The molecule has 1 heterocycles. The molecule has 2 unspecified atom stereocenters. The fourth-order valence-electron chi connectivity index (χ4n) is 1.13. The molecule has 1 saturated heterocycles. The molecule has 0 N–H and O–H groups in total. The van der Waals surface area contributed by atoms with Gasteiger partial charge < -0.3 is 0 Å². The van der Waals surface area contributed by atoms with E-state index in [4.69, 9.17) is 0 Å². The molecule has 0 aromatic rings. The predicted octanol–water partition coefficient (Wildman–Crippen LogP) is 3.30. The second kappa shape index (κ2) is 4.45. The highest BCUT2D eigenvalue weighted by molar-refractivity contribution is 8.83. The normalized spacial score (nSPS) is 34.6. The minimum Gasteiger partial charge on any atom is -0.129 e. The summed E-state index contributed by atoms with van der Waals surface area (Å²) in [5, 5.41) is 3.45. The molecule has 0 aromatic carbocycles. The maximum absolute atomic E-state index is 2.49. The summed E-state index contributed by atoms with van der Waals surface area (Å²) in [6.45, 7) is 4.64. The van der Waals surface area contributed by atoms with Gasteiger partial charge in [-0.2, -0.15) is 0 Å². The minimum atomic E-state index is 0.602. The Morgan fingerprint density at radius 2 is 2.50 bits per heavy atom. The van der Waals surface area contributed by atoms with Crippen molar-refractivity contribution in [2.75, 3.05) is 5.75 Å². The van der Waals surface area contributed by atoms with Crippen molar-refractivity contribution in [3.63, 3.8) is 0 Å². The number of hydrogen-bond donors (Lipinski definition) is 0. The van der Waals surface area contributed by atoms with E-state index in [0.29, 0.717) is 9.52 Å². The third-order valence-corrected chi connectivity index (χ3v) is 6.83. The Kier molecular flexibility index (Phi) is 3.85. The van der Waals surface area contributed by atoms with Crippen molar-refractivity contribution in [1.82, 2.24) is 0 Å². The lowest BCUT2D eigenvalue weighted by atomic mass is 10.3. The van der Waals surface area contributed by atoms with Crippen LogP contribution < -0.4 is 0 Å². The lowest BCUT2D eigenvalue weighted by molar-refractivity contribution is 0.792. The monoisotopic (exact) mass is 176 g/mol. The lowest BCUT2D eigenvalue weighted by Gasteiger charge is -2.21. The smallest absolute Gasteiger partial charge is 0.00617 e. The number of hydrogen-bond acceptors (Lipinski definition) is 1. The average molecular weight is 176 g/mol. The molecule has 0 spiro atoms. The summed E-state index contributed by atoms with van der Waals surface area (Å²) >= 11 is 0. The number of rotatable bonds is 1. The van der Waals surface area contributed by atoms with Gasteiger partial charge >= 0.3 is 0 Å². The maximum Gasteiger partial charge on any atom is 0.00617 e. The van der Waals surface area contributed by atoms with Crippen molar-refractivity contribution in [3.05, 3.63) is 0 Å². The zero-order valence-corrected chi connectivity index (χ0v) is 8.43. The van der Waals surface area contributed by atoms with Gasteiger partial charge in [0.15, 0.2) is 0 Å². The van der Waals surface area contributed by atoms with Gasteiger partial charge in [-0.3, -0.25) is 0 Å². The molecule has 2 atom stereocenters. The van der Waals surface area contributed by atoms with E-state index in [0.717, 1.165) is 5.25 Å². The Morgan fingerprint density at radius 3 is 3.10 bits per heavy atom. The van der Waals surface area contributed by atoms with Crippen LogP contribution in [0.2, 0.25) is 0 Å². The second-order valence-electron chi connectivity index (χ2n) is 2.68. The van der Waals surface area contributed by atoms with Crippen molar-refractivity contribution in [1.29, 1.82) is 0 Å². The van der Waals surface area contributed by atoms with Crippen LogP contribution in [0.4, 0.5) is 0 Å². The Labute approximate surface area is 70.1 Å². The van der Waals surface area contributed by atoms with Gasteiger partial charge in [0.05, 0.1) is 0 Å². The van der Waals surface area contributed by atoms with Gasteiger partial charge in [-0.05, 0) is 19.3 Å². The molecule has 0 bridgehead atoms. The van der Waals surface area contributed by atoms with Crippen molar-refractivity contribution < 1.29 is 0 Å². The van der Waals surface area contributed by atoms with E-state index >= 15 is 0 Å². The molecular formula is C8H16S2. The van der Waals surface area contributed by atoms with E-state index in [9.17, 15) is 0 Å². The molecule has 1 rings (SSSR count). The molecule has 0 radical (unpaired) electrons. The van der Waals surface area contributed by atoms with Crippen LogP contribution in [0.1, 0.15) is 33.1 Å². The van der Waals surface area contributed by atoms with Gasteiger partial charge in [0.2, 0.25) is 0 Å². The topological polar surface area (TPSA) is 0 Å². The molecule has 1 aliphatic heterocycles. The molecule has 0 amide bonds. The first kappa shape index (κ1) is 8.66. The first-order valence-electron chi connectivity index (χ1n) is 4.03. The summed E-state index contributed by atoms with van der Waals surface area (Å²) in [5.74, 6) is 1.39. The largest absolute Gasteiger partial charge is 0.129 e. The van der Waals surface area contributed by atoms with Crippen molar-refractivity contribution in [2.24, 2.45) is 0 Å². The Bertz CT molecular complexity index is 129. The summed E-state index contributed by atoms with van der Waals surface area (Å²) in [7, 11) is 2.77. The highest BCUT2D eigenvalue weighted by Crippen LogP contribution is 2.42. The van der Waals surface area contributed by atoms with Gasteiger partial charge in [0.25, 0.3) is 0 Å². The fourth-order valence-corrected chi connectivity index (χ4v) is 5.61. The van der Waals surface area contributed by atoms with E-state index in [1.54, 1.807) is 0 Å². The summed E-state index contributed by atoms with van der Waals surface area (Å²) < 4.78 is 0. The molecule has 1 aliphatic rings. The third-order valence-electron chi connectivity index (χ3n) is 1.70. The molecule has 10 heavy (non-hydrogen) atoms. The van der Waals surface area contributed by atoms with Gasteiger partial charge in [0, 0.05) is 11.0 Å². The van der Waals surface area contributed by atoms with E-state index in [1.807, 2.05) is 0 Å². The van der Waals surface area contributed by atoms with Crippen LogP contribution in [0.5, 0.6) is 0 Å². The second-order valence-corrected chi connectivity index (χ2v) is 6.98. The Balaban J connectivity index is 2.47. The van der Waals surface area contributed by atoms with E-state index in [-0.39, 0.29) is 0 Å². The summed E-state index contributed by atoms with van der Waals surface area (Å²) in [6, 6.07) is 0. The Morgan fingerprint density at radius 1 is 1.70 bits per heavy atom. The standard InChI is InChI=1S/C8H16S2/c1-3-7-10-8(2)5-4-6-9-10/h7-8H,3-6H2,1-2H3. The fraction of sp³-hybridized carbons (Fsp3) is 0.875. The van der Waals surface area contributed by atoms with E-state index in [2.05, 4.69) is 30.0 Å². The van der Waals surface area contributed by atoms with Crippen LogP contribution in [0.15, 0.2) is 0 Å². The Hall–Kier alpha value is 0.570. The van der Waals surface area contributed by atoms with Gasteiger partial charge in [-0.1, -0.05) is 19.2 Å². The maximum atomic E-state index is 2.49. The third kappa shape index (κ3) is 2.31. The zero-order valence-electron chi connectivity index (χ0n) is 6.80. The SMILES string of the molecule is CC/C=S1\SCCCC1C. The van der Waals surface area contributed by atoms with Crippen molar-refractivity contribution in [2.45, 2.75) is 38.4 Å². The highest BCUT2D eigenvalue weighted by atomic mass is 33.1. The van der Waals surface area contributed by atoms with Crippen molar-refractivity contribution in [3.8, 4) is 0 Å². The van der Waals surface area contributed by atoms with Crippen LogP contribution in [-0.2, 0) is 0 Å². The first-order chi connectivity index (χ1) is 4.84. The molecule has 0 aliphatic carbocycles. The first-order valence-corrected chi connectivity index (χ1v) is 6.88. The molecule has 2 heteroatoms. The lowest BCUT2D eigenvalue weighted by Crippen LogP contribution is -2.04. The van der Waals surface area contributed by atoms with Crippen molar-refractivity contribution >= 4 is 25.7 Å². The minimum absolute atomic E-state index is 0.602. The van der Waals surface area contributed by atoms with Crippen LogP contribution in [0.25, 0.3) is 0 Å². The molecule has 0 nitrogen and oxygen atoms in total. The molecule has 60 valence electrons. The van der Waals surface area contributed by atoms with Crippen LogP contribution in [0.3, 0.4) is 0 Å². The van der Waals surface area contributed by atoms with Gasteiger partial charge in [-0.25, -0.2) is 0 Å². The predicted molar refractivity (Wildman–Crippen MR) is 55.1 cm³/mol. The summed E-state index contributed by atoms with van der Waals surface area (Å²) in [5.41, 5.74) is 0. The van der Waals surface area contributed by atoms with Gasteiger partial charge in [-0.15, -0.1) is 20.3 Å². The van der Waals surface area contributed by atoms with Crippen LogP contribution in [-0.4, -0.2) is 16.4 Å². The van der Waals surface area contributed by atoms with Crippen LogP contribution >= 0.6 is 20.3 Å². The van der Waals surface area contributed by atoms with E-state index < -0.39 is 0 Å². The van der Waals surface area contributed by atoms with Crippen LogP contribution in [0, 0.1) is 0 Å². The quantitative estimate of drug-likeness (QED) is 0.436. The van der Waals surface area contributed by atoms with E-state index in [1.165, 1.54) is 25.0 Å². The molecule has 0 aromatic heterocycles. The molecule has 0 saturated carbocycles. The molecule has 1 fully saturated rings. The van der Waals surface area contributed by atoms with Gasteiger partial charge in [0.1, 0.15) is 0 Å². The summed E-state index contributed by atoms with van der Waals surface area (Å²) in [4.78, 5) is 0.